The first-order valence-electron chi connectivity index (χ1n) is 2.23. The second-order valence-electron chi connectivity index (χ2n) is 1.47. The van der Waals surface area contributed by atoms with Crippen LogP contribution in [0.4, 0.5) is 0 Å². The molecule has 0 amide bonds. The van der Waals surface area contributed by atoms with Crippen molar-refractivity contribution in [2.45, 2.75) is 13.0 Å². The normalized spacial score (nSPS) is 15.1. The van der Waals surface area contributed by atoms with Crippen LogP contribution in [0.2, 0.25) is 0 Å². The van der Waals surface area contributed by atoms with E-state index in [-0.39, 0.29) is 0 Å². The quantitative estimate of drug-likeness (QED) is 0.263. The van der Waals surface area contributed by atoms with Gasteiger partial charge in [0.2, 0.25) is 0 Å². The Hall–Kier alpha value is -1.10. The first-order chi connectivity index (χ1) is 4.09. The molecule has 0 spiro atoms. The third-order valence-corrected chi connectivity index (χ3v) is 0.723. The predicted octanol–water partition coefficient (Wildman–Crippen LogP) is -0.718. The summed E-state index contributed by atoms with van der Waals surface area (Å²) in [4.78, 5) is 9.92. The molecular weight excluding hydrogens is 126 g/mol. The summed E-state index contributed by atoms with van der Waals surface area (Å²) >= 11 is 0. The van der Waals surface area contributed by atoms with E-state index >= 15 is 0 Å². The van der Waals surface area contributed by atoms with Crippen LogP contribution < -0.4 is 0 Å². The Morgan fingerprint density at radius 3 is 2.11 bits per heavy atom. The Kier molecular flexibility index (Phi) is 2.66. The lowest BCUT2D eigenvalue weighted by Crippen LogP contribution is -2.25. The van der Waals surface area contributed by atoms with E-state index in [2.05, 4.69) is 5.16 Å². The predicted molar refractivity (Wildman–Crippen MR) is 28.5 cm³/mol. The molecule has 0 aliphatic rings. The highest BCUT2D eigenvalue weighted by molar-refractivity contribution is 6.37. The van der Waals surface area contributed by atoms with Crippen LogP contribution in [-0.2, 0) is 4.79 Å². The summed E-state index contributed by atoms with van der Waals surface area (Å²) in [7, 11) is 0. The summed E-state index contributed by atoms with van der Waals surface area (Å²) in [5.74, 6) is -1.42. The molecule has 5 nitrogen and oxygen atoms in total. The highest BCUT2D eigenvalue weighted by atomic mass is 16.4. The molecule has 0 radical (unpaired) electrons. The maximum atomic E-state index is 9.92. The number of hydrogen-bond donors (Lipinski definition) is 3. The summed E-state index contributed by atoms with van der Waals surface area (Å²) in [6.07, 6.45) is -1.24. The van der Waals surface area contributed by atoms with Gasteiger partial charge < -0.3 is 15.4 Å². The van der Waals surface area contributed by atoms with Crippen molar-refractivity contribution in [3.8, 4) is 0 Å². The second-order valence-corrected chi connectivity index (χ2v) is 1.47. The standard InChI is InChI=1S/C4H7NO4/c1-2(6)3(5-9)4(7)8/h2,6,9H,1H3,(H,7,8)/b5-3+. The minimum Gasteiger partial charge on any atom is -0.477 e. The third kappa shape index (κ3) is 2.09. The summed E-state index contributed by atoms with van der Waals surface area (Å²) in [6.45, 7) is 1.20. The first-order valence-corrected chi connectivity index (χ1v) is 2.23. The molecule has 0 fully saturated rings. The lowest BCUT2D eigenvalue weighted by atomic mass is 10.2. The van der Waals surface area contributed by atoms with Gasteiger partial charge in [0, 0.05) is 0 Å². The Balaban J connectivity index is 4.19. The molecule has 1 unspecified atom stereocenters. The van der Waals surface area contributed by atoms with Gasteiger partial charge in [-0.2, -0.15) is 0 Å². The van der Waals surface area contributed by atoms with E-state index in [0.717, 1.165) is 0 Å². The summed E-state index contributed by atoms with van der Waals surface area (Å²) in [5.41, 5.74) is -0.657. The molecule has 52 valence electrons. The van der Waals surface area contributed by atoms with E-state index in [1.54, 1.807) is 0 Å². The fourth-order valence-corrected chi connectivity index (χ4v) is 0.305. The molecule has 1 atom stereocenters. The number of carboxylic acids is 1. The van der Waals surface area contributed by atoms with Crippen LogP contribution >= 0.6 is 0 Å². The van der Waals surface area contributed by atoms with E-state index < -0.39 is 17.8 Å². The SMILES string of the molecule is CC(O)/C(=N\O)C(=O)O. The van der Waals surface area contributed by atoms with Crippen molar-refractivity contribution < 1.29 is 20.2 Å². The van der Waals surface area contributed by atoms with E-state index in [1.165, 1.54) is 6.92 Å². The van der Waals surface area contributed by atoms with Crippen molar-refractivity contribution in [1.82, 2.24) is 0 Å². The van der Waals surface area contributed by atoms with Gasteiger partial charge in [-0.15, -0.1) is 0 Å². The number of aliphatic carboxylic acids is 1. The topological polar surface area (TPSA) is 90.1 Å². The number of carboxylic acid groups (broad SMARTS) is 1. The minimum absolute atomic E-state index is 0.657. The van der Waals surface area contributed by atoms with Crippen LogP contribution in [0.15, 0.2) is 5.16 Å². The zero-order chi connectivity index (χ0) is 7.44. The molecule has 0 aromatic heterocycles. The Bertz CT molecular complexity index is 140. The fourth-order valence-electron chi connectivity index (χ4n) is 0.305. The molecule has 9 heavy (non-hydrogen) atoms. The highest BCUT2D eigenvalue weighted by Gasteiger charge is 2.15. The van der Waals surface area contributed by atoms with Crippen molar-refractivity contribution in [2.75, 3.05) is 0 Å². The van der Waals surface area contributed by atoms with Crippen LogP contribution in [0.5, 0.6) is 0 Å². The number of aliphatic hydroxyl groups excluding tert-OH is 1. The molecule has 0 saturated carbocycles. The van der Waals surface area contributed by atoms with Gasteiger partial charge in [0.25, 0.3) is 0 Å². The Morgan fingerprint density at radius 1 is 1.67 bits per heavy atom. The molecule has 5 heteroatoms. The van der Waals surface area contributed by atoms with Gasteiger partial charge >= 0.3 is 5.97 Å². The van der Waals surface area contributed by atoms with Crippen molar-refractivity contribution in [2.24, 2.45) is 5.16 Å². The number of rotatable bonds is 2. The maximum absolute atomic E-state index is 9.92. The van der Waals surface area contributed by atoms with Gasteiger partial charge in [-0.1, -0.05) is 5.16 Å². The monoisotopic (exact) mass is 133 g/mol. The summed E-state index contributed by atoms with van der Waals surface area (Å²) in [6, 6.07) is 0. The van der Waals surface area contributed by atoms with Gasteiger partial charge in [0.05, 0.1) is 0 Å². The van der Waals surface area contributed by atoms with E-state index in [1.807, 2.05) is 0 Å². The van der Waals surface area contributed by atoms with Crippen molar-refractivity contribution >= 4 is 11.7 Å². The minimum atomic E-state index is -1.42. The van der Waals surface area contributed by atoms with Gasteiger partial charge in [-0.25, -0.2) is 4.79 Å². The Labute approximate surface area is 51.2 Å². The molecule has 0 aliphatic carbocycles. The van der Waals surface area contributed by atoms with E-state index in [0.29, 0.717) is 0 Å². The fraction of sp³-hybridized carbons (Fsp3) is 0.500. The highest BCUT2D eigenvalue weighted by Crippen LogP contribution is 1.85. The smallest absolute Gasteiger partial charge is 0.356 e. The van der Waals surface area contributed by atoms with Crippen LogP contribution in [0.1, 0.15) is 6.92 Å². The van der Waals surface area contributed by atoms with Gasteiger partial charge in [-0.05, 0) is 6.92 Å². The van der Waals surface area contributed by atoms with Crippen molar-refractivity contribution in [3.05, 3.63) is 0 Å². The number of aliphatic hydroxyl groups is 1. The molecule has 0 bridgehead atoms. The number of hydrogen-bond acceptors (Lipinski definition) is 4. The van der Waals surface area contributed by atoms with Crippen LogP contribution in [-0.4, -0.2) is 33.2 Å². The van der Waals surface area contributed by atoms with Crippen LogP contribution in [0, 0.1) is 0 Å². The van der Waals surface area contributed by atoms with Crippen molar-refractivity contribution in [1.29, 1.82) is 0 Å². The molecule has 0 saturated heterocycles. The summed E-state index contributed by atoms with van der Waals surface area (Å²) < 4.78 is 0. The lowest BCUT2D eigenvalue weighted by molar-refractivity contribution is -0.130. The average molecular weight is 133 g/mol. The number of nitrogens with zero attached hydrogens (tertiary/aromatic N) is 1. The Morgan fingerprint density at radius 2 is 2.11 bits per heavy atom. The molecule has 0 heterocycles. The zero-order valence-corrected chi connectivity index (χ0v) is 4.77. The van der Waals surface area contributed by atoms with E-state index in [9.17, 15) is 4.79 Å². The molecule has 3 N–H and O–H groups in total. The third-order valence-electron chi connectivity index (χ3n) is 0.723. The van der Waals surface area contributed by atoms with E-state index in [4.69, 9.17) is 15.4 Å². The zero-order valence-electron chi connectivity index (χ0n) is 4.77. The molecule has 0 aromatic carbocycles. The largest absolute Gasteiger partial charge is 0.477 e. The van der Waals surface area contributed by atoms with Gasteiger partial charge in [0.15, 0.2) is 5.71 Å². The average Bonchev–Trinajstić information content (AvgIpc) is 1.64. The number of carbonyl (C=O) groups is 1. The van der Waals surface area contributed by atoms with Gasteiger partial charge in [-0.3, -0.25) is 0 Å². The maximum Gasteiger partial charge on any atom is 0.356 e. The molecule has 0 rings (SSSR count). The van der Waals surface area contributed by atoms with Gasteiger partial charge in [0.1, 0.15) is 6.10 Å². The molecule has 0 aliphatic heterocycles. The van der Waals surface area contributed by atoms with Crippen LogP contribution in [0.3, 0.4) is 0 Å². The number of oxime groups is 1. The van der Waals surface area contributed by atoms with Crippen molar-refractivity contribution in [3.63, 3.8) is 0 Å². The second kappa shape index (κ2) is 3.03. The molecule has 0 aromatic rings. The molecular formula is C4H7NO4. The summed E-state index contributed by atoms with van der Waals surface area (Å²) in [5, 5.41) is 26.9. The van der Waals surface area contributed by atoms with Crippen LogP contribution in [0.25, 0.3) is 0 Å². The first kappa shape index (κ1) is 7.90. The lowest BCUT2D eigenvalue weighted by Gasteiger charge is -1.98.